The molecular weight excluding hydrogens is 620 g/mol. The Kier molecular flexibility index (Phi) is 16.6. The van der Waals surface area contributed by atoms with Gasteiger partial charge >= 0.3 is 0 Å². The van der Waals surface area contributed by atoms with E-state index in [4.69, 9.17) is 0 Å². The quantitative estimate of drug-likeness (QED) is 0.145. The van der Waals surface area contributed by atoms with E-state index in [2.05, 4.69) is 0 Å². The molecule has 0 aliphatic heterocycles. The van der Waals surface area contributed by atoms with E-state index in [1.165, 1.54) is 64.1 Å². The fourth-order valence-corrected chi connectivity index (χ4v) is 3.54. The highest BCUT2D eigenvalue weighted by molar-refractivity contribution is 5.26. The zero-order valence-electron chi connectivity index (χ0n) is 28.0. The third kappa shape index (κ3) is 13.8. The van der Waals surface area contributed by atoms with Crippen LogP contribution in [0.1, 0.15) is 50.1 Å². The van der Waals surface area contributed by atoms with Gasteiger partial charge < -0.3 is 0 Å². The van der Waals surface area contributed by atoms with Gasteiger partial charge in [0.15, 0.2) is 11.6 Å². The molecule has 0 N–H and O–H groups in total. The molecule has 0 saturated carbocycles. The molecule has 0 spiro atoms. The molecule has 0 radical (unpaired) electrons. The zero-order valence-corrected chi connectivity index (χ0v) is 28.0. The average Bonchev–Trinajstić information content (AvgIpc) is 3.00. The molecule has 5 aromatic rings. The van der Waals surface area contributed by atoms with Crippen LogP contribution in [-0.2, 0) is 0 Å². The van der Waals surface area contributed by atoms with E-state index in [0.29, 0.717) is 33.4 Å². The summed E-state index contributed by atoms with van der Waals surface area (Å²) in [7, 11) is 0. The highest BCUT2D eigenvalue weighted by Crippen LogP contribution is 2.15. The summed E-state index contributed by atoms with van der Waals surface area (Å²) in [5.41, 5.74) is 4.48. The molecule has 0 aliphatic carbocycles. The second-order valence-corrected chi connectivity index (χ2v) is 11.0. The molecule has 0 saturated heterocycles. The molecule has 0 amide bonds. The number of benzene rings is 5. The summed E-state index contributed by atoms with van der Waals surface area (Å²) < 4.78 is 101. The molecule has 252 valence electrons. The van der Waals surface area contributed by atoms with Crippen molar-refractivity contribution in [2.75, 3.05) is 0 Å². The van der Waals surface area contributed by atoms with E-state index in [0.717, 1.165) is 5.56 Å². The van der Waals surface area contributed by atoms with E-state index < -0.39 is 34.9 Å². The molecule has 5 aromatic carbocycles. The van der Waals surface area contributed by atoms with Crippen LogP contribution in [0.5, 0.6) is 0 Å². The van der Waals surface area contributed by atoms with E-state index in [1.807, 2.05) is 19.1 Å². The predicted molar refractivity (Wildman–Crippen MR) is 175 cm³/mol. The lowest BCUT2D eigenvalue weighted by molar-refractivity contribution is 0.497. The van der Waals surface area contributed by atoms with Crippen LogP contribution in [0.2, 0.25) is 0 Å². The van der Waals surface area contributed by atoms with Crippen LogP contribution in [0.15, 0.2) is 78.9 Å². The minimum atomic E-state index is -0.736. The molecule has 0 aromatic heterocycles. The summed E-state index contributed by atoms with van der Waals surface area (Å²) in [6, 6.07) is 20.3. The Bertz CT molecular complexity index is 1610. The third-order valence-corrected chi connectivity index (χ3v) is 6.72. The maximum atomic E-state index is 12.6. The van der Waals surface area contributed by atoms with Gasteiger partial charge in [-0.2, -0.15) is 0 Å². The van der Waals surface area contributed by atoms with Gasteiger partial charge in [0, 0.05) is 11.1 Å². The molecule has 0 nitrogen and oxygen atoms in total. The third-order valence-electron chi connectivity index (χ3n) is 6.72. The Balaban J connectivity index is 0.000000294. The van der Waals surface area contributed by atoms with Crippen molar-refractivity contribution in [1.82, 2.24) is 0 Å². The van der Waals surface area contributed by atoms with E-state index in [1.54, 1.807) is 58.0 Å². The van der Waals surface area contributed by atoms with Crippen molar-refractivity contribution in [3.05, 3.63) is 175 Å². The van der Waals surface area contributed by atoms with Gasteiger partial charge in [0.05, 0.1) is 0 Å². The van der Waals surface area contributed by atoms with Gasteiger partial charge in [0.25, 0.3) is 0 Å². The minimum Gasteiger partial charge on any atom is -0.207 e. The van der Waals surface area contributed by atoms with Crippen LogP contribution < -0.4 is 0 Å². The van der Waals surface area contributed by atoms with E-state index in [-0.39, 0.29) is 22.8 Å². The first-order valence-corrected chi connectivity index (χ1v) is 14.5. The topological polar surface area (TPSA) is 0 Å². The van der Waals surface area contributed by atoms with Crippen molar-refractivity contribution in [2.24, 2.45) is 0 Å². The molecule has 0 bridgehead atoms. The van der Waals surface area contributed by atoms with Crippen LogP contribution in [-0.4, -0.2) is 0 Å². The summed E-state index contributed by atoms with van der Waals surface area (Å²) in [6.45, 7) is 14.6. The highest BCUT2D eigenvalue weighted by atomic mass is 19.2. The van der Waals surface area contributed by atoms with Crippen molar-refractivity contribution in [3.8, 4) is 0 Å². The number of rotatable bonds is 0. The second kappa shape index (κ2) is 19.3. The first kappa shape index (κ1) is 40.6. The largest absolute Gasteiger partial charge is 0.207 e. The normalized spacial score (nSPS) is 9.81. The van der Waals surface area contributed by atoms with Crippen LogP contribution >= 0.6 is 0 Å². The van der Waals surface area contributed by atoms with Gasteiger partial charge in [-0.25, -0.2) is 35.1 Å². The lowest BCUT2D eigenvalue weighted by atomic mass is 10.1. The summed E-state index contributed by atoms with van der Waals surface area (Å²) in [5.74, 6) is -3.62. The summed E-state index contributed by atoms with van der Waals surface area (Å²) in [6.07, 6.45) is 0. The summed E-state index contributed by atoms with van der Waals surface area (Å²) in [4.78, 5) is 0. The molecule has 0 aliphatic rings. The van der Waals surface area contributed by atoms with Gasteiger partial charge in [0.1, 0.15) is 34.9 Å². The Labute approximate surface area is 272 Å². The summed E-state index contributed by atoms with van der Waals surface area (Å²) >= 11 is 0. The SMILES string of the molecule is Cc1cc(F)c(C)c(F)c1.Cc1cc(F)c(C)c(F)c1.Cc1ccc(C)c(F)c1.Cc1ccc(C)c(F)c1F.Cc1ccccc1F. The molecular formula is C39H40F8. The van der Waals surface area contributed by atoms with Crippen LogP contribution in [0.4, 0.5) is 35.1 Å². The fourth-order valence-electron chi connectivity index (χ4n) is 3.54. The van der Waals surface area contributed by atoms with Crippen molar-refractivity contribution >= 4 is 0 Å². The van der Waals surface area contributed by atoms with Gasteiger partial charge in [0.2, 0.25) is 0 Å². The molecule has 0 fully saturated rings. The first-order valence-electron chi connectivity index (χ1n) is 14.5. The Morgan fingerprint density at radius 1 is 0.298 bits per heavy atom. The van der Waals surface area contributed by atoms with Gasteiger partial charge in [-0.05, 0) is 138 Å². The second-order valence-electron chi connectivity index (χ2n) is 11.0. The number of hydrogen-bond acceptors (Lipinski definition) is 0. The average molecular weight is 661 g/mol. The smallest absolute Gasteiger partial charge is 0.161 e. The van der Waals surface area contributed by atoms with E-state index >= 15 is 0 Å². The predicted octanol–water partition coefficient (Wildman–Crippen LogP) is 12.3. The summed E-state index contributed by atoms with van der Waals surface area (Å²) in [5, 5.41) is 0. The lowest BCUT2D eigenvalue weighted by Crippen LogP contribution is -1.91. The number of halogens is 8. The lowest BCUT2D eigenvalue weighted by Gasteiger charge is -1.99. The van der Waals surface area contributed by atoms with Crippen LogP contribution in [0, 0.1) is 109 Å². The number of aryl methyl sites for hydroxylation is 7. The molecule has 5 rings (SSSR count). The zero-order chi connectivity index (χ0) is 36.0. The number of hydrogen-bond donors (Lipinski definition) is 0. The standard InChI is InChI=1S/3C8H8F2.C8H9F.C7H7F/c2*1-5-3-7(9)6(2)8(10)4-5;1-5-3-4-6(2)8(10)7(5)9;1-6-3-4-7(2)8(9)5-6;1-6-4-2-3-5-7(6)8/h3*3-4H,1-2H3;3-5H,1-2H3;2-5H,1H3. The van der Waals surface area contributed by atoms with Gasteiger partial charge in [-0.1, -0.05) is 42.5 Å². The van der Waals surface area contributed by atoms with Crippen molar-refractivity contribution in [2.45, 2.75) is 62.3 Å². The first-order chi connectivity index (χ1) is 21.8. The molecule has 47 heavy (non-hydrogen) atoms. The Hall–Kier alpha value is -4.46. The van der Waals surface area contributed by atoms with Gasteiger partial charge in [-0.15, -0.1) is 0 Å². The Morgan fingerprint density at radius 3 is 0.915 bits per heavy atom. The fraction of sp³-hybridized carbons (Fsp3) is 0.231. The molecule has 8 heteroatoms. The van der Waals surface area contributed by atoms with Crippen LogP contribution in [0.3, 0.4) is 0 Å². The van der Waals surface area contributed by atoms with Gasteiger partial charge in [-0.3, -0.25) is 0 Å². The Morgan fingerprint density at radius 2 is 0.617 bits per heavy atom. The van der Waals surface area contributed by atoms with Crippen molar-refractivity contribution < 1.29 is 35.1 Å². The molecule has 0 atom stereocenters. The van der Waals surface area contributed by atoms with E-state index in [9.17, 15) is 35.1 Å². The van der Waals surface area contributed by atoms with Crippen LogP contribution in [0.25, 0.3) is 0 Å². The molecule has 0 heterocycles. The maximum absolute atomic E-state index is 12.6. The maximum Gasteiger partial charge on any atom is 0.161 e. The van der Waals surface area contributed by atoms with Crippen molar-refractivity contribution in [3.63, 3.8) is 0 Å². The monoisotopic (exact) mass is 660 g/mol. The molecule has 0 unspecified atom stereocenters. The minimum absolute atomic E-state index is 0.0885. The van der Waals surface area contributed by atoms with Crippen molar-refractivity contribution in [1.29, 1.82) is 0 Å². The highest BCUT2D eigenvalue weighted by Gasteiger charge is 2.06.